The van der Waals surface area contributed by atoms with Crippen molar-refractivity contribution in [3.05, 3.63) is 35.9 Å². The first-order chi connectivity index (χ1) is 9.13. The van der Waals surface area contributed by atoms with E-state index in [9.17, 15) is 14.4 Å². The lowest BCUT2D eigenvalue weighted by molar-refractivity contribution is -0.155. The maximum absolute atomic E-state index is 11.4. The summed E-state index contributed by atoms with van der Waals surface area (Å²) in [7, 11) is 0. The van der Waals surface area contributed by atoms with E-state index in [1.807, 2.05) is 35.8 Å². The second-order valence-electron chi connectivity index (χ2n) is 3.71. The predicted molar refractivity (Wildman–Crippen MR) is 67.7 cm³/mol. The number of amides is 2. The molecule has 0 atom stereocenters. The highest BCUT2D eigenvalue weighted by atomic mass is 16.5. The van der Waals surface area contributed by atoms with Crippen LogP contribution < -0.4 is 10.9 Å². The summed E-state index contributed by atoms with van der Waals surface area (Å²) in [6, 6.07) is 9.48. The van der Waals surface area contributed by atoms with Gasteiger partial charge in [-0.1, -0.05) is 30.3 Å². The number of rotatable bonds is 4. The Hall–Kier alpha value is -2.37. The van der Waals surface area contributed by atoms with Crippen LogP contribution in [0.3, 0.4) is 0 Å². The largest absolute Gasteiger partial charge is 0.459 e. The molecule has 102 valence electrons. The smallest absolute Gasteiger partial charge is 0.398 e. The van der Waals surface area contributed by atoms with Crippen LogP contribution in [0, 0.1) is 0 Å². The van der Waals surface area contributed by atoms with Crippen LogP contribution in [-0.2, 0) is 25.5 Å². The van der Waals surface area contributed by atoms with Gasteiger partial charge in [0.05, 0.1) is 6.61 Å². The molecule has 0 fully saturated rings. The number of hydrogen-bond donors (Lipinski definition) is 2. The summed E-state index contributed by atoms with van der Waals surface area (Å²) in [6.07, 6.45) is 0.773. The lowest BCUT2D eigenvalue weighted by atomic mass is 10.1. The zero-order valence-electron chi connectivity index (χ0n) is 10.6. The molecule has 19 heavy (non-hydrogen) atoms. The van der Waals surface area contributed by atoms with Gasteiger partial charge >= 0.3 is 11.9 Å². The molecule has 0 radical (unpaired) electrons. The molecule has 0 aromatic heterocycles. The third-order valence-corrected chi connectivity index (χ3v) is 2.26. The Morgan fingerprint density at radius 1 is 1.11 bits per heavy atom. The SMILES string of the molecule is CCOC(=O)C(=O)NNC(=O)CCc1ccccc1. The summed E-state index contributed by atoms with van der Waals surface area (Å²) < 4.78 is 4.46. The maximum Gasteiger partial charge on any atom is 0.398 e. The predicted octanol–water partition coefficient (Wildman–Crippen LogP) is 0.330. The molecule has 0 aliphatic carbocycles. The summed E-state index contributed by atoms with van der Waals surface area (Å²) in [5, 5.41) is 0. The average Bonchev–Trinajstić information content (AvgIpc) is 2.43. The molecule has 6 heteroatoms. The molecule has 0 aliphatic heterocycles. The first-order valence-electron chi connectivity index (χ1n) is 5.93. The minimum atomic E-state index is -1.02. The van der Waals surface area contributed by atoms with Gasteiger partial charge in [0.15, 0.2) is 0 Å². The van der Waals surface area contributed by atoms with Gasteiger partial charge in [0, 0.05) is 6.42 Å². The third-order valence-electron chi connectivity index (χ3n) is 2.26. The molecule has 0 heterocycles. The fraction of sp³-hybridized carbons (Fsp3) is 0.308. The van der Waals surface area contributed by atoms with Crippen molar-refractivity contribution in [1.29, 1.82) is 0 Å². The summed E-state index contributed by atoms with van der Waals surface area (Å²) in [6.45, 7) is 1.69. The molecule has 1 aromatic carbocycles. The normalized spacial score (nSPS) is 9.53. The van der Waals surface area contributed by atoms with Crippen LogP contribution in [0.5, 0.6) is 0 Å². The van der Waals surface area contributed by atoms with Gasteiger partial charge in [-0.3, -0.25) is 20.4 Å². The van der Waals surface area contributed by atoms with Crippen LogP contribution in [0.4, 0.5) is 0 Å². The van der Waals surface area contributed by atoms with Gasteiger partial charge in [0.1, 0.15) is 0 Å². The van der Waals surface area contributed by atoms with E-state index in [1.165, 1.54) is 0 Å². The van der Waals surface area contributed by atoms with Crippen LogP contribution in [0.2, 0.25) is 0 Å². The van der Waals surface area contributed by atoms with Crippen molar-refractivity contribution < 1.29 is 19.1 Å². The second-order valence-corrected chi connectivity index (χ2v) is 3.71. The van der Waals surface area contributed by atoms with Crippen molar-refractivity contribution in [2.75, 3.05) is 6.61 Å². The number of hydrogen-bond acceptors (Lipinski definition) is 4. The number of ether oxygens (including phenoxy) is 1. The zero-order chi connectivity index (χ0) is 14.1. The quantitative estimate of drug-likeness (QED) is 0.466. The van der Waals surface area contributed by atoms with Crippen LogP contribution in [0.1, 0.15) is 18.9 Å². The van der Waals surface area contributed by atoms with Crippen LogP contribution in [0.25, 0.3) is 0 Å². The van der Waals surface area contributed by atoms with Gasteiger partial charge in [-0.25, -0.2) is 4.79 Å². The van der Waals surface area contributed by atoms with Crippen LogP contribution in [-0.4, -0.2) is 24.4 Å². The Bertz CT molecular complexity index is 445. The van der Waals surface area contributed by atoms with Gasteiger partial charge in [-0.05, 0) is 18.9 Å². The van der Waals surface area contributed by atoms with Crippen molar-refractivity contribution >= 4 is 17.8 Å². The Kier molecular flexibility index (Phi) is 6.08. The summed E-state index contributed by atoms with van der Waals surface area (Å²) in [4.78, 5) is 33.5. The van der Waals surface area contributed by atoms with Crippen LogP contribution >= 0.6 is 0 Å². The average molecular weight is 264 g/mol. The first kappa shape index (κ1) is 14.7. The summed E-state index contributed by atoms with van der Waals surface area (Å²) in [5.41, 5.74) is 5.17. The van der Waals surface area contributed by atoms with Crippen molar-refractivity contribution in [3.63, 3.8) is 0 Å². The molecule has 0 spiro atoms. The molecule has 1 aromatic rings. The summed E-state index contributed by atoms with van der Waals surface area (Å²) in [5.74, 6) is -2.39. The monoisotopic (exact) mass is 264 g/mol. The van der Waals surface area contributed by atoms with E-state index in [-0.39, 0.29) is 18.9 Å². The number of nitrogens with one attached hydrogen (secondary N) is 2. The number of aryl methyl sites for hydroxylation is 1. The Morgan fingerprint density at radius 3 is 2.42 bits per heavy atom. The van der Waals surface area contributed by atoms with Gasteiger partial charge < -0.3 is 4.74 Å². The van der Waals surface area contributed by atoms with E-state index in [0.717, 1.165) is 5.56 Å². The number of benzene rings is 1. The molecule has 2 N–H and O–H groups in total. The van der Waals surface area contributed by atoms with Gasteiger partial charge in [-0.2, -0.15) is 0 Å². The minimum absolute atomic E-state index is 0.105. The number of carbonyl (C=O) groups is 3. The molecule has 0 aliphatic rings. The highest BCUT2D eigenvalue weighted by molar-refractivity contribution is 6.32. The first-order valence-corrected chi connectivity index (χ1v) is 5.93. The zero-order valence-corrected chi connectivity index (χ0v) is 10.6. The highest BCUT2D eigenvalue weighted by Crippen LogP contribution is 2.01. The molecule has 0 unspecified atom stereocenters. The van der Waals surface area contributed by atoms with E-state index < -0.39 is 11.9 Å². The fourth-order valence-corrected chi connectivity index (χ4v) is 1.34. The molecule has 0 saturated heterocycles. The van der Waals surface area contributed by atoms with Crippen molar-refractivity contribution in [2.45, 2.75) is 19.8 Å². The van der Waals surface area contributed by atoms with Crippen molar-refractivity contribution in [1.82, 2.24) is 10.9 Å². The lowest BCUT2D eigenvalue weighted by Crippen LogP contribution is -2.45. The number of esters is 1. The molecule has 0 bridgehead atoms. The van der Waals surface area contributed by atoms with Gasteiger partial charge in [0.2, 0.25) is 5.91 Å². The van der Waals surface area contributed by atoms with E-state index in [0.29, 0.717) is 6.42 Å². The number of hydrazine groups is 1. The molecular formula is C13H16N2O4. The summed E-state index contributed by atoms with van der Waals surface area (Å²) >= 11 is 0. The van der Waals surface area contributed by atoms with E-state index in [2.05, 4.69) is 10.2 Å². The third kappa shape index (κ3) is 5.67. The Labute approximate surface area is 111 Å². The molecule has 0 saturated carbocycles. The van der Waals surface area contributed by atoms with Crippen LogP contribution in [0.15, 0.2) is 30.3 Å². The van der Waals surface area contributed by atoms with E-state index in [4.69, 9.17) is 0 Å². The van der Waals surface area contributed by atoms with Gasteiger partial charge in [-0.15, -0.1) is 0 Å². The lowest BCUT2D eigenvalue weighted by Gasteiger charge is -2.06. The van der Waals surface area contributed by atoms with E-state index in [1.54, 1.807) is 6.92 Å². The standard InChI is InChI=1S/C13H16N2O4/c1-2-19-13(18)12(17)15-14-11(16)9-8-10-6-4-3-5-7-10/h3-7H,2,8-9H2,1H3,(H,14,16)(H,15,17). The van der Waals surface area contributed by atoms with Crippen molar-refractivity contribution in [3.8, 4) is 0 Å². The van der Waals surface area contributed by atoms with Crippen molar-refractivity contribution in [2.24, 2.45) is 0 Å². The Balaban J connectivity index is 2.25. The molecule has 2 amide bonds. The van der Waals surface area contributed by atoms with E-state index >= 15 is 0 Å². The second kappa shape index (κ2) is 7.86. The minimum Gasteiger partial charge on any atom is -0.459 e. The fourth-order valence-electron chi connectivity index (χ4n) is 1.34. The topological polar surface area (TPSA) is 84.5 Å². The van der Waals surface area contributed by atoms with Gasteiger partial charge in [0.25, 0.3) is 0 Å². The molecular weight excluding hydrogens is 248 g/mol. The highest BCUT2D eigenvalue weighted by Gasteiger charge is 2.14. The Morgan fingerprint density at radius 2 is 1.79 bits per heavy atom. The molecule has 6 nitrogen and oxygen atoms in total. The molecule has 1 rings (SSSR count). The number of carbonyl (C=O) groups excluding carboxylic acids is 3. The maximum atomic E-state index is 11.4.